The Morgan fingerprint density at radius 3 is 2.86 bits per heavy atom. The summed E-state index contributed by atoms with van der Waals surface area (Å²) >= 11 is 6.09. The van der Waals surface area contributed by atoms with E-state index in [-0.39, 0.29) is 12.7 Å². The van der Waals surface area contributed by atoms with Crippen LogP contribution in [-0.4, -0.2) is 18.9 Å². The van der Waals surface area contributed by atoms with Crippen LogP contribution in [0.25, 0.3) is 0 Å². The number of nitrogens with one attached hydrogen (secondary N) is 1. The zero-order valence-electron chi connectivity index (χ0n) is 11.1. The molecule has 7 heteroatoms. The molecule has 3 rings (SSSR count). The Morgan fingerprint density at radius 1 is 1.38 bits per heavy atom. The molecule has 1 aliphatic heterocycles. The van der Waals surface area contributed by atoms with Crippen LogP contribution in [-0.2, 0) is 0 Å². The van der Waals surface area contributed by atoms with Gasteiger partial charge in [-0.05, 0) is 19.1 Å². The van der Waals surface area contributed by atoms with Crippen LogP contribution in [0.5, 0.6) is 11.5 Å². The third-order valence-corrected chi connectivity index (χ3v) is 3.29. The van der Waals surface area contributed by atoms with Gasteiger partial charge in [0.05, 0.1) is 23.1 Å². The Labute approximate surface area is 125 Å². The van der Waals surface area contributed by atoms with Crippen LogP contribution in [0.1, 0.15) is 21.7 Å². The molecular weight excluding hydrogens is 296 g/mol. The van der Waals surface area contributed by atoms with E-state index in [2.05, 4.69) is 10.5 Å². The highest BCUT2D eigenvalue weighted by atomic mass is 35.5. The predicted molar refractivity (Wildman–Crippen MR) is 76.1 cm³/mol. The van der Waals surface area contributed by atoms with Crippen LogP contribution in [0.2, 0.25) is 5.02 Å². The molecule has 1 aromatic heterocycles. The van der Waals surface area contributed by atoms with Crippen molar-refractivity contribution in [2.24, 2.45) is 5.10 Å². The lowest BCUT2D eigenvalue weighted by Gasteiger charge is -2.01. The van der Waals surface area contributed by atoms with Gasteiger partial charge in [-0.25, -0.2) is 5.43 Å². The Kier molecular flexibility index (Phi) is 3.53. The summed E-state index contributed by atoms with van der Waals surface area (Å²) in [7, 11) is 0. The molecule has 1 N–H and O–H groups in total. The topological polar surface area (TPSA) is 73.1 Å². The van der Waals surface area contributed by atoms with E-state index in [1.807, 2.05) is 0 Å². The van der Waals surface area contributed by atoms with E-state index in [0.717, 1.165) is 0 Å². The highest BCUT2D eigenvalue weighted by Crippen LogP contribution is 2.36. The molecule has 0 bridgehead atoms. The zero-order valence-corrected chi connectivity index (χ0v) is 11.8. The molecule has 0 saturated heterocycles. The van der Waals surface area contributed by atoms with E-state index < -0.39 is 0 Å². The quantitative estimate of drug-likeness (QED) is 0.699. The molecule has 0 saturated carbocycles. The maximum atomic E-state index is 11.8. The average molecular weight is 307 g/mol. The standard InChI is InChI=1S/C14H11ClN2O4/c1-8-10(2-3-19-8)14(18)17-16-6-9-4-12-13(5-11(9)15)21-7-20-12/h2-6H,7H2,1H3,(H,17,18). The fourth-order valence-electron chi connectivity index (χ4n) is 1.87. The smallest absolute Gasteiger partial charge is 0.274 e. The highest BCUT2D eigenvalue weighted by molar-refractivity contribution is 6.33. The average Bonchev–Trinajstić information content (AvgIpc) is 3.07. The van der Waals surface area contributed by atoms with Crippen molar-refractivity contribution in [2.75, 3.05) is 6.79 Å². The molecule has 21 heavy (non-hydrogen) atoms. The van der Waals surface area contributed by atoms with E-state index in [1.54, 1.807) is 25.1 Å². The van der Waals surface area contributed by atoms with E-state index in [4.69, 9.17) is 25.5 Å². The lowest BCUT2D eigenvalue weighted by Crippen LogP contribution is -2.17. The summed E-state index contributed by atoms with van der Waals surface area (Å²) in [6, 6.07) is 4.92. The first kappa shape index (κ1) is 13.5. The molecule has 1 aliphatic rings. The minimum atomic E-state index is -0.352. The number of amides is 1. The zero-order chi connectivity index (χ0) is 14.8. The van der Waals surface area contributed by atoms with E-state index in [9.17, 15) is 4.79 Å². The number of benzene rings is 1. The summed E-state index contributed by atoms with van der Waals surface area (Å²) in [5.41, 5.74) is 3.46. The third-order valence-electron chi connectivity index (χ3n) is 2.97. The second kappa shape index (κ2) is 5.49. The second-order valence-corrected chi connectivity index (χ2v) is 4.72. The van der Waals surface area contributed by atoms with Gasteiger partial charge in [-0.3, -0.25) is 4.79 Å². The number of carbonyl (C=O) groups excluding carboxylic acids is 1. The number of ether oxygens (including phenoxy) is 2. The van der Waals surface area contributed by atoms with Crippen molar-refractivity contribution in [3.05, 3.63) is 46.4 Å². The van der Waals surface area contributed by atoms with Gasteiger partial charge in [0, 0.05) is 11.6 Å². The van der Waals surface area contributed by atoms with Gasteiger partial charge in [0.15, 0.2) is 11.5 Å². The molecule has 1 amide bonds. The number of hydrogen-bond acceptors (Lipinski definition) is 5. The van der Waals surface area contributed by atoms with Crippen molar-refractivity contribution < 1.29 is 18.7 Å². The summed E-state index contributed by atoms with van der Waals surface area (Å²) in [5.74, 6) is 1.37. The number of hydrogen-bond donors (Lipinski definition) is 1. The van der Waals surface area contributed by atoms with E-state index >= 15 is 0 Å². The Morgan fingerprint density at radius 2 is 2.14 bits per heavy atom. The second-order valence-electron chi connectivity index (χ2n) is 4.32. The fourth-order valence-corrected chi connectivity index (χ4v) is 2.08. The van der Waals surface area contributed by atoms with Crippen molar-refractivity contribution >= 4 is 23.7 Å². The van der Waals surface area contributed by atoms with Gasteiger partial charge in [0.25, 0.3) is 5.91 Å². The van der Waals surface area contributed by atoms with Crippen LogP contribution in [0.4, 0.5) is 0 Å². The first-order valence-electron chi connectivity index (χ1n) is 6.12. The number of carbonyl (C=O) groups is 1. The van der Waals surface area contributed by atoms with Crippen LogP contribution >= 0.6 is 11.6 Å². The van der Waals surface area contributed by atoms with Gasteiger partial charge in [-0.2, -0.15) is 5.10 Å². The number of halogens is 1. The Bertz CT molecular complexity index is 724. The van der Waals surface area contributed by atoms with Gasteiger partial charge in [-0.1, -0.05) is 11.6 Å². The van der Waals surface area contributed by atoms with Crippen molar-refractivity contribution in [1.29, 1.82) is 0 Å². The van der Waals surface area contributed by atoms with Crippen molar-refractivity contribution in [3.8, 4) is 11.5 Å². The van der Waals surface area contributed by atoms with Gasteiger partial charge < -0.3 is 13.9 Å². The molecule has 2 aromatic rings. The molecule has 2 heterocycles. The summed E-state index contributed by atoms with van der Waals surface area (Å²) < 4.78 is 15.5. The largest absolute Gasteiger partial charge is 0.469 e. The molecule has 1 aromatic carbocycles. The maximum Gasteiger partial charge on any atom is 0.274 e. The summed E-state index contributed by atoms with van der Waals surface area (Å²) in [6.45, 7) is 1.87. The lowest BCUT2D eigenvalue weighted by atomic mass is 10.2. The number of hydrazone groups is 1. The lowest BCUT2D eigenvalue weighted by molar-refractivity contribution is 0.0953. The molecule has 0 radical (unpaired) electrons. The molecule has 0 aliphatic carbocycles. The number of fused-ring (bicyclic) bond motifs is 1. The minimum absolute atomic E-state index is 0.169. The maximum absolute atomic E-state index is 11.8. The molecule has 108 valence electrons. The van der Waals surface area contributed by atoms with Crippen LogP contribution < -0.4 is 14.9 Å². The normalized spacial score (nSPS) is 12.9. The molecular formula is C14H11ClN2O4. The SMILES string of the molecule is Cc1occc1C(=O)NN=Cc1cc2c(cc1Cl)OCO2. The number of furan rings is 1. The molecule has 0 fully saturated rings. The highest BCUT2D eigenvalue weighted by Gasteiger charge is 2.16. The fraction of sp³-hybridized carbons (Fsp3) is 0.143. The number of aryl methyl sites for hydroxylation is 1. The number of nitrogens with zero attached hydrogens (tertiary/aromatic N) is 1. The Balaban J connectivity index is 1.72. The third kappa shape index (κ3) is 2.71. The van der Waals surface area contributed by atoms with E-state index in [1.165, 1.54) is 12.5 Å². The monoisotopic (exact) mass is 306 g/mol. The summed E-state index contributed by atoms with van der Waals surface area (Å²) in [4.78, 5) is 11.8. The van der Waals surface area contributed by atoms with Crippen LogP contribution in [0, 0.1) is 6.92 Å². The molecule has 0 spiro atoms. The predicted octanol–water partition coefficient (Wildman–Crippen LogP) is 2.73. The summed E-state index contributed by atoms with van der Waals surface area (Å²) in [6.07, 6.45) is 2.89. The first-order valence-corrected chi connectivity index (χ1v) is 6.49. The summed E-state index contributed by atoms with van der Waals surface area (Å²) in [5, 5.41) is 4.33. The van der Waals surface area contributed by atoms with Crippen LogP contribution in [0.15, 0.2) is 34.0 Å². The number of rotatable bonds is 3. The molecule has 6 nitrogen and oxygen atoms in total. The van der Waals surface area contributed by atoms with Crippen molar-refractivity contribution in [2.45, 2.75) is 6.92 Å². The van der Waals surface area contributed by atoms with Crippen LogP contribution in [0.3, 0.4) is 0 Å². The van der Waals surface area contributed by atoms with Gasteiger partial charge in [-0.15, -0.1) is 0 Å². The molecule has 0 unspecified atom stereocenters. The van der Waals surface area contributed by atoms with Gasteiger partial charge >= 0.3 is 0 Å². The molecule has 0 atom stereocenters. The van der Waals surface area contributed by atoms with Crippen molar-refractivity contribution in [1.82, 2.24) is 5.43 Å². The minimum Gasteiger partial charge on any atom is -0.469 e. The first-order chi connectivity index (χ1) is 10.1. The Hall–Kier alpha value is -2.47. The van der Waals surface area contributed by atoms with Crippen molar-refractivity contribution in [3.63, 3.8) is 0 Å². The van der Waals surface area contributed by atoms with Gasteiger partial charge in [0.1, 0.15) is 5.76 Å². The van der Waals surface area contributed by atoms with Gasteiger partial charge in [0.2, 0.25) is 6.79 Å². The van der Waals surface area contributed by atoms with E-state index in [0.29, 0.717) is 33.4 Å².